The van der Waals surface area contributed by atoms with E-state index in [0.29, 0.717) is 18.8 Å². The van der Waals surface area contributed by atoms with Crippen LogP contribution in [0.5, 0.6) is 11.5 Å². The number of nitrogens with one attached hydrogen (secondary N) is 1. The summed E-state index contributed by atoms with van der Waals surface area (Å²) in [6, 6.07) is 9.25. The molecule has 1 N–H and O–H groups in total. The van der Waals surface area contributed by atoms with Crippen LogP contribution < -0.4 is 19.8 Å². The second-order valence-corrected chi connectivity index (χ2v) is 6.12. The number of carbonyl (C=O) groups excluding carboxylic acids is 1. The van der Waals surface area contributed by atoms with Crippen molar-refractivity contribution in [2.75, 3.05) is 44.8 Å². The molecule has 1 fully saturated rings. The molecule has 1 aromatic carbocycles. The van der Waals surface area contributed by atoms with Gasteiger partial charge >= 0.3 is 0 Å². The third kappa shape index (κ3) is 3.82. The minimum atomic E-state index is -0.227. The second kappa shape index (κ2) is 7.95. The van der Waals surface area contributed by atoms with Crippen LogP contribution in [0, 0.1) is 6.92 Å². The molecule has 138 valence electrons. The summed E-state index contributed by atoms with van der Waals surface area (Å²) in [6.07, 6.45) is 1.56. The standard InChI is InChI=1S/C19H23N3O4/c1-14-19(16(23)7-8-20-14)26-13-18(24)22-11-9-21(10-12-22)15-5-3-4-6-17(15)25-2/h3-8H,9-13H2,1-2H3,(H,20,23). The number of aromatic amines is 1. The Hall–Kier alpha value is -2.96. The molecular formula is C19H23N3O4. The highest BCUT2D eigenvalue weighted by Crippen LogP contribution is 2.28. The fraction of sp³-hybridized carbons (Fsp3) is 0.368. The molecule has 2 heterocycles. The largest absolute Gasteiger partial charge is 0.495 e. The van der Waals surface area contributed by atoms with Crippen molar-refractivity contribution in [3.63, 3.8) is 0 Å². The van der Waals surface area contributed by atoms with E-state index in [4.69, 9.17) is 9.47 Å². The number of para-hydroxylation sites is 2. The normalized spacial score (nSPS) is 14.2. The smallest absolute Gasteiger partial charge is 0.260 e. The van der Waals surface area contributed by atoms with Gasteiger partial charge in [-0.2, -0.15) is 0 Å². The molecule has 0 spiro atoms. The van der Waals surface area contributed by atoms with Crippen LogP contribution in [0.2, 0.25) is 0 Å². The summed E-state index contributed by atoms with van der Waals surface area (Å²) in [5, 5.41) is 0. The Kier molecular flexibility index (Phi) is 5.46. The van der Waals surface area contributed by atoms with Crippen molar-refractivity contribution in [3.8, 4) is 11.5 Å². The maximum atomic E-state index is 12.4. The lowest BCUT2D eigenvalue weighted by Crippen LogP contribution is -2.50. The summed E-state index contributed by atoms with van der Waals surface area (Å²) in [5.41, 5.74) is 1.42. The number of anilines is 1. The number of piperazine rings is 1. The van der Waals surface area contributed by atoms with Gasteiger partial charge in [0.25, 0.3) is 5.91 Å². The van der Waals surface area contributed by atoms with Crippen molar-refractivity contribution < 1.29 is 14.3 Å². The molecule has 1 aliphatic heterocycles. The van der Waals surface area contributed by atoms with Crippen molar-refractivity contribution in [2.24, 2.45) is 0 Å². The molecule has 1 amide bonds. The molecule has 0 unspecified atom stereocenters. The summed E-state index contributed by atoms with van der Waals surface area (Å²) in [6.45, 7) is 4.25. The fourth-order valence-corrected chi connectivity index (χ4v) is 3.06. The molecule has 0 bridgehead atoms. The van der Waals surface area contributed by atoms with E-state index in [9.17, 15) is 9.59 Å². The number of rotatable bonds is 5. The lowest BCUT2D eigenvalue weighted by molar-refractivity contribution is -0.133. The molecule has 0 aliphatic carbocycles. The van der Waals surface area contributed by atoms with Crippen molar-refractivity contribution >= 4 is 11.6 Å². The highest BCUT2D eigenvalue weighted by atomic mass is 16.5. The summed E-state index contributed by atoms with van der Waals surface area (Å²) in [5.74, 6) is 0.912. The number of ether oxygens (including phenoxy) is 2. The third-order valence-electron chi connectivity index (χ3n) is 4.50. The number of amides is 1. The SMILES string of the molecule is COc1ccccc1N1CCN(C(=O)COc2c(C)[nH]ccc2=O)CC1. The molecule has 0 saturated carbocycles. The first-order valence-corrected chi connectivity index (χ1v) is 8.57. The first-order chi connectivity index (χ1) is 12.6. The maximum Gasteiger partial charge on any atom is 0.260 e. The third-order valence-corrected chi connectivity index (χ3v) is 4.50. The number of H-pyrrole nitrogens is 1. The zero-order valence-electron chi connectivity index (χ0n) is 15.0. The Morgan fingerprint density at radius 3 is 2.58 bits per heavy atom. The van der Waals surface area contributed by atoms with Crippen LogP contribution in [-0.2, 0) is 4.79 Å². The maximum absolute atomic E-state index is 12.4. The van der Waals surface area contributed by atoms with E-state index in [1.807, 2.05) is 24.3 Å². The lowest BCUT2D eigenvalue weighted by atomic mass is 10.2. The highest BCUT2D eigenvalue weighted by Gasteiger charge is 2.23. The molecule has 0 atom stereocenters. The first kappa shape index (κ1) is 17.8. The molecule has 26 heavy (non-hydrogen) atoms. The van der Waals surface area contributed by atoms with Gasteiger partial charge in [0.1, 0.15) is 5.75 Å². The van der Waals surface area contributed by atoms with Crippen LogP contribution in [0.3, 0.4) is 0 Å². The van der Waals surface area contributed by atoms with E-state index in [1.165, 1.54) is 6.07 Å². The zero-order chi connectivity index (χ0) is 18.5. The number of methoxy groups -OCH3 is 1. The van der Waals surface area contributed by atoms with E-state index in [-0.39, 0.29) is 23.7 Å². The topological polar surface area (TPSA) is 74.9 Å². The van der Waals surface area contributed by atoms with Crippen molar-refractivity contribution in [1.29, 1.82) is 0 Å². The van der Waals surface area contributed by atoms with Gasteiger partial charge < -0.3 is 24.3 Å². The van der Waals surface area contributed by atoms with Gasteiger partial charge in [0.2, 0.25) is 5.43 Å². The van der Waals surface area contributed by atoms with Crippen LogP contribution in [0.4, 0.5) is 5.69 Å². The zero-order valence-corrected chi connectivity index (χ0v) is 15.0. The van der Waals surface area contributed by atoms with Gasteiger partial charge in [0.05, 0.1) is 18.5 Å². The average molecular weight is 357 g/mol. The second-order valence-electron chi connectivity index (χ2n) is 6.12. The molecule has 1 aliphatic rings. The van der Waals surface area contributed by atoms with E-state index in [1.54, 1.807) is 25.1 Å². The molecule has 2 aromatic rings. The van der Waals surface area contributed by atoms with E-state index < -0.39 is 0 Å². The summed E-state index contributed by atoms with van der Waals surface area (Å²) < 4.78 is 10.9. The first-order valence-electron chi connectivity index (χ1n) is 8.57. The van der Waals surface area contributed by atoms with Crippen LogP contribution in [-0.4, -0.2) is 55.7 Å². The van der Waals surface area contributed by atoms with Crippen molar-refractivity contribution in [2.45, 2.75) is 6.92 Å². The summed E-state index contributed by atoms with van der Waals surface area (Å²) in [7, 11) is 1.66. The number of pyridine rings is 1. The number of hydrogen-bond donors (Lipinski definition) is 1. The number of hydrogen-bond acceptors (Lipinski definition) is 5. The van der Waals surface area contributed by atoms with Gasteiger partial charge in [-0.25, -0.2) is 0 Å². The van der Waals surface area contributed by atoms with Gasteiger partial charge in [-0.3, -0.25) is 9.59 Å². The van der Waals surface area contributed by atoms with Gasteiger partial charge in [0.15, 0.2) is 12.4 Å². The molecule has 7 heteroatoms. The Morgan fingerprint density at radius 2 is 1.88 bits per heavy atom. The lowest BCUT2D eigenvalue weighted by Gasteiger charge is -2.36. The number of aryl methyl sites for hydroxylation is 1. The minimum Gasteiger partial charge on any atom is -0.495 e. The Bertz CT molecular complexity index is 826. The van der Waals surface area contributed by atoms with E-state index in [0.717, 1.165) is 24.5 Å². The molecular weight excluding hydrogens is 334 g/mol. The minimum absolute atomic E-state index is 0.118. The van der Waals surface area contributed by atoms with Crippen LogP contribution >= 0.6 is 0 Å². The van der Waals surface area contributed by atoms with Gasteiger partial charge in [-0.1, -0.05) is 12.1 Å². The summed E-state index contributed by atoms with van der Waals surface area (Å²) >= 11 is 0. The quantitative estimate of drug-likeness (QED) is 0.876. The predicted octanol–water partition coefficient (Wildman–Crippen LogP) is 1.42. The fourth-order valence-electron chi connectivity index (χ4n) is 3.06. The Morgan fingerprint density at radius 1 is 1.15 bits per heavy atom. The number of nitrogens with zero attached hydrogens (tertiary/aromatic N) is 2. The summed E-state index contributed by atoms with van der Waals surface area (Å²) in [4.78, 5) is 31.1. The monoisotopic (exact) mass is 357 g/mol. The number of benzene rings is 1. The van der Waals surface area contributed by atoms with Crippen LogP contribution in [0.1, 0.15) is 5.69 Å². The molecule has 3 rings (SSSR count). The van der Waals surface area contributed by atoms with E-state index >= 15 is 0 Å². The Balaban J connectivity index is 1.56. The van der Waals surface area contributed by atoms with E-state index in [2.05, 4.69) is 9.88 Å². The van der Waals surface area contributed by atoms with Gasteiger partial charge in [-0.15, -0.1) is 0 Å². The predicted molar refractivity (Wildman–Crippen MR) is 99.1 cm³/mol. The van der Waals surface area contributed by atoms with Crippen LogP contribution in [0.15, 0.2) is 41.3 Å². The molecule has 7 nitrogen and oxygen atoms in total. The molecule has 1 saturated heterocycles. The van der Waals surface area contributed by atoms with Crippen LogP contribution in [0.25, 0.3) is 0 Å². The van der Waals surface area contributed by atoms with Crippen molar-refractivity contribution in [1.82, 2.24) is 9.88 Å². The highest BCUT2D eigenvalue weighted by molar-refractivity contribution is 5.78. The molecule has 1 aromatic heterocycles. The Labute approximate surface area is 152 Å². The molecule has 0 radical (unpaired) electrons. The number of aromatic nitrogens is 1. The van der Waals surface area contributed by atoms with Gasteiger partial charge in [0, 0.05) is 38.4 Å². The average Bonchev–Trinajstić information content (AvgIpc) is 2.67. The van der Waals surface area contributed by atoms with Gasteiger partial charge in [-0.05, 0) is 19.1 Å². The number of carbonyl (C=O) groups is 1. The van der Waals surface area contributed by atoms with Crippen molar-refractivity contribution in [3.05, 3.63) is 52.4 Å².